The van der Waals surface area contributed by atoms with Crippen LogP contribution >= 0.6 is 11.3 Å². The van der Waals surface area contributed by atoms with Crippen molar-refractivity contribution in [1.82, 2.24) is 10.2 Å². The molecule has 1 aromatic heterocycles. The fourth-order valence-corrected chi connectivity index (χ4v) is 3.90. The van der Waals surface area contributed by atoms with E-state index in [4.69, 9.17) is 0 Å². The van der Waals surface area contributed by atoms with E-state index in [9.17, 15) is 9.59 Å². The molecular weight excluding hydrogens is 260 g/mol. The average Bonchev–Trinajstić information content (AvgIpc) is 2.94. The molecule has 2 heterocycles. The Hall–Kier alpha value is -1.36. The Labute approximate surface area is 116 Å². The summed E-state index contributed by atoms with van der Waals surface area (Å²) in [5, 5.41) is 4.79. The zero-order valence-corrected chi connectivity index (χ0v) is 11.7. The molecule has 3 rings (SSSR count). The maximum absolute atomic E-state index is 12.4. The second-order valence-electron chi connectivity index (χ2n) is 5.33. The summed E-state index contributed by atoms with van der Waals surface area (Å²) in [5.74, 6) is 0.0956. The van der Waals surface area contributed by atoms with Crippen molar-refractivity contribution < 1.29 is 9.59 Å². The van der Waals surface area contributed by atoms with Gasteiger partial charge in [-0.2, -0.15) is 0 Å². The van der Waals surface area contributed by atoms with E-state index in [2.05, 4.69) is 5.32 Å². The Morgan fingerprint density at radius 2 is 2.05 bits per heavy atom. The first kappa shape index (κ1) is 12.7. The lowest BCUT2D eigenvalue weighted by atomic mass is 9.78. The first-order valence-electron chi connectivity index (χ1n) is 6.83. The quantitative estimate of drug-likeness (QED) is 0.898. The molecule has 0 unspecified atom stereocenters. The Morgan fingerprint density at radius 3 is 2.74 bits per heavy atom. The van der Waals surface area contributed by atoms with Gasteiger partial charge >= 0.3 is 0 Å². The maximum Gasteiger partial charge on any atom is 0.246 e. The number of nitrogens with zero attached hydrogens (tertiary/aromatic N) is 1. The predicted octanol–water partition coefficient (Wildman–Crippen LogP) is 1.91. The van der Waals surface area contributed by atoms with E-state index in [-0.39, 0.29) is 18.4 Å². The highest BCUT2D eigenvalue weighted by molar-refractivity contribution is 7.09. The van der Waals surface area contributed by atoms with Gasteiger partial charge < -0.3 is 10.2 Å². The molecule has 1 saturated carbocycles. The van der Waals surface area contributed by atoms with Gasteiger partial charge in [0.2, 0.25) is 11.8 Å². The molecule has 19 heavy (non-hydrogen) atoms. The van der Waals surface area contributed by atoms with Crippen molar-refractivity contribution in [3.63, 3.8) is 0 Å². The van der Waals surface area contributed by atoms with Crippen molar-refractivity contribution in [1.29, 1.82) is 0 Å². The second-order valence-corrected chi connectivity index (χ2v) is 6.37. The lowest BCUT2D eigenvalue weighted by Gasteiger charge is -2.47. The van der Waals surface area contributed by atoms with E-state index in [1.807, 2.05) is 22.4 Å². The summed E-state index contributed by atoms with van der Waals surface area (Å²) < 4.78 is 0. The molecule has 4 nitrogen and oxygen atoms in total. The summed E-state index contributed by atoms with van der Waals surface area (Å²) in [6.07, 6.45) is 4.82. The van der Waals surface area contributed by atoms with E-state index < -0.39 is 5.54 Å². The van der Waals surface area contributed by atoms with Crippen LogP contribution in [0.5, 0.6) is 0 Å². The van der Waals surface area contributed by atoms with Crippen LogP contribution in [0.4, 0.5) is 0 Å². The average molecular weight is 278 g/mol. The normalized spacial score (nSPS) is 22.6. The number of amides is 2. The third-order valence-corrected chi connectivity index (χ3v) is 5.08. The number of hydrogen-bond donors (Lipinski definition) is 1. The molecule has 1 N–H and O–H groups in total. The van der Waals surface area contributed by atoms with Crippen molar-refractivity contribution in [2.75, 3.05) is 6.54 Å². The minimum atomic E-state index is -0.586. The molecular formula is C14H18N2O2S. The molecule has 0 bridgehead atoms. The van der Waals surface area contributed by atoms with Gasteiger partial charge in [0.25, 0.3) is 0 Å². The number of carbonyl (C=O) groups is 2. The van der Waals surface area contributed by atoms with Crippen LogP contribution in [-0.4, -0.2) is 28.8 Å². The van der Waals surface area contributed by atoms with Crippen molar-refractivity contribution in [2.45, 2.75) is 44.2 Å². The van der Waals surface area contributed by atoms with Gasteiger partial charge in [0.05, 0.1) is 13.1 Å². The number of rotatable bonds is 2. The lowest BCUT2D eigenvalue weighted by molar-refractivity contribution is -0.157. The minimum absolute atomic E-state index is 0.0448. The molecule has 1 aliphatic carbocycles. The monoisotopic (exact) mass is 278 g/mol. The van der Waals surface area contributed by atoms with Crippen LogP contribution in [0.1, 0.15) is 37.0 Å². The van der Waals surface area contributed by atoms with Crippen LogP contribution in [-0.2, 0) is 16.1 Å². The summed E-state index contributed by atoms with van der Waals surface area (Å²) in [7, 11) is 0. The molecule has 102 valence electrons. The molecule has 1 spiro atoms. The van der Waals surface area contributed by atoms with Gasteiger partial charge in [-0.25, -0.2) is 0 Å². The predicted molar refractivity (Wildman–Crippen MR) is 73.7 cm³/mol. The van der Waals surface area contributed by atoms with Gasteiger partial charge in [-0.3, -0.25) is 9.59 Å². The minimum Gasteiger partial charge on any atom is -0.345 e. The van der Waals surface area contributed by atoms with Crippen molar-refractivity contribution in [3.8, 4) is 0 Å². The third kappa shape index (κ3) is 2.16. The van der Waals surface area contributed by atoms with E-state index in [0.717, 1.165) is 37.0 Å². The van der Waals surface area contributed by atoms with Crippen LogP contribution in [0.3, 0.4) is 0 Å². The van der Waals surface area contributed by atoms with Gasteiger partial charge in [-0.1, -0.05) is 25.3 Å². The lowest BCUT2D eigenvalue weighted by Crippen LogP contribution is -2.67. The van der Waals surface area contributed by atoms with E-state index in [1.54, 1.807) is 11.3 Å². The SMILES string of the molecule is O=C1CNC(=O)C2(CCCCC2)N1Cc1cccs1. The summed E-state index contributed by atoms with van der Waals surface area (Å²) in [5.41, 5.74) is -0.586. The van der Waals surface area contributed by atoms with Crippen molar-refractivity contribution in [2.24, 2.45) is 0 Å². The van der Waals surface area contributed by atoms with Gasteiger partial charge in [0, 0.05) is 4.88 Å². The Kier molecular flexibility index (Phi) is 3.31. The summed E-state index contributed by atoms with van der Waals surface area (Å²) in [6, 6.07) is 4.02. The molecule has 2 amide bonds. The molecule has 5 heteroatoms. The smallest absolute Gasteiger partial charge is 0.246 e. The fraction of sp³-hybridized carbons (Fsp3) is 0.571. The number of hydrogen-bond acceptors (Lipinski definition) is 3. The summed E-state index contributed by atoms with van der Waals surface area (Å²) >= 11 is 1.64. The van der Waals surface area contributed by atoms with Crippen LogP contribution in [0.25, 0.3) is 0 Å². The van der Waals surface area contributed by atoms with Gasteiger partial charge in [-0.05, 0) is 24.3 Å². The number of thiophene rings is 1. The zero-order valence-electron chi connectivity index (χ0n) is 10.9. The largest absolute Gasteiger partial charge is 0.345 e. The van der Waals surface area contributed by atoms with Crippen molar-refractivity contribution in [3.05, 3.63) is 22.4 Å². The van der Waals surface area contributed by atoms with Gasteiger partial charge in [0.15, 0.2) is 0 Å². The number of nitrogens with one attached hydrogen (secondary N) is 1. The first-order chi connectivity index (χ1) is 9.22. The Morgan fingerprint density at radius 1 is 1.26 bits per heavy atom. The van der Waals surface area contributed by atoms with Gasteiger partial charge in [0.1, 0.15) is 5.54 Å². The summed E-state index contributed by atoms with van der Waals surface area (Å²) in [6.45, 7) is 0.718. The standard InChI is InChI=1S/C14H18N2O2S/c17-12-9-15-13(18)14(6-2-1-3-7-14)16(12)10-11-5-4-8-19-11/h4-5,8H,1-3,6-7,9-10H2,(H,15,18). The third-order valence-electron chi connectivity index (χ3n) is 4.22. The highest BCUT2D eigenvalue weighted by Crippen LogP contribution is 2.37. The molecule has 1 saturated heterocycles. The topological polar surface area (TPSA) is 49.4 Å². The van der Waals surface area contributed by atoms with Crippen LogP contribution in [0.15, 0.2) is 17.5 Å². The van der Waals surface area contributed by atoms with E-state index >= 15 is 0 Å². The number of piperazine rings is 1. The van der Waals surface area contributed by atoms with Crippen molar-refractivity contribution >= 4 is 23.2 Å². The van der Waals surface area contributed by atoms with Crippen LogP contribution < -0.4 is 5.32 Å². The fourth-order valence-electron chi connectivity index (χ4n) is 3.21. The maximum atomic E-state index is 12.4. The highest BCUT2D eigenvalue weighted by Gasteiger charge is 2.49. The Bertz CT molecular complexity index is 478. The summed E-state index contributed by atoms with van der Waals surface area (Å²) in [4.78, 5) is 27.6. The molecule has 1 aliphatic heterocycles. The van der Waals surface area contributed by atoms with Gasteiger partial charge in [-0.15, -0.1) is 11.3 Å². The first-order valence-corrected chi connectivity index (χ1v) is 7.71. The van der Waals surface area contributed by atoms with E-state index in [0.29, 0.717) is 6.54 Å². The number of carbonyl (C=O) groups excluding carboxylic acids is 2. The molecule has 1 aromatic rings. The van der Waals surface area contributed by atoms with E-state index in [1.165, 1.54) is 0 Å². The molecule has 0 aromatic carbocycles. The molecule has 0 radical (unpaired) electrons. The molecule has 2 fully saturated rings. The highest BCUT2D eigenvalue weighted by atomic mass is 32.1. The van der Waals surface area contributed by atoms with Crippen LogP contribution in [0, 0.1) is 0 Å². The van der Waals surface area contributed by atoms with Crippen LogP contribution in [0.2, 0.25) is 0 Å². The zero-order chi connectivity index (χ0) is 13.3. The molecule has 2 aliphatic rings. The second kappa shape index (κ2) is 4.96. The molecule has 0 atom stereocenters. The Balaban J connectivity index is 1.91.